The van der Waals surface area contributed by atoms with Crippen molar-refractivity contribution in [1.82, 2.24) is 0 Å². The number of hydrogen-bond donors (Lipinski definition) is 0. The number of halogens is 4. The van der Waals surface area contributed by atoms with Crippen LogP contribution in [0.4, 0.5) is 24.5 Å². The van der Waals surface area contributed by atoms with Crippen molar-refractivity contribution in [2.45, 2.75) is 18.6 Å². The van der Waals surface area contributed by atoms with E-state index in [1.54, 1.807) is 35.2 Å². The van der Waals surface area contributed by atoms with Gasteiger partial charge in [0.05, 0.1) is 19.6 Å². The number of rotatable bonds is 6. The van der Waals surface area contributed by atoms with E-state index in [-0.39, 0.29) is 23.8 Å². The topological polar surface area (TPSA) is 42.0 Å². The van der Waals surface area contributed by atoms with E-state index < -0.39 is 18.8 Å². The molecule has 1 atom stereocenters. The second-order valence-corrected chi connectivity index (χ2v) is 8.85. The lowest BCUT2D eigenvalue weighted by Gasteiger charge is -2.38. The van der Waals surface area contributed by atoms with E-state index in [0.717, 1.165) is 11.3 Å². The summed E-state index contributed by atoms with van der Waals surface area (Å²) in [6.07, 6.45) is -4.45. The Balaban J connectivity index is 1.86. The molecule has 0 aliphatic carbocycles. The van der Waals surface area contributed by atoms with E-state index in [4.69, 9.17) is 21.1 Å². The molecule has 0 N–H and O–H groups in total. The van der Waals surface area contributed by atoms with Crippen LogP contribution in [0.3, 0.4) is 0 Å². The Morgan fingerprint density at radius 1 is 1.03 bits per heavy atom. The van der Waals surface area contributed by atoms with Gasteiger partial charge in [-0.2, -0.15) is 13.2 Å². The summed E-state index contributed by atoms with van der Waals surface area (Å²) in [6.45, 7) is -1.46. The number of benzene rings is 3. The average molecular weight is 505 g/mol. The summed E-state index contributed by atoms with van der Waals surface area (Å²) in [7, 11) is 5.19. The van der Waals surface area contributed by atoms with Gasteiger partial charge in [-0.05, 0) is 65.2 Å². The minimum atomic E-state index is -4.51. The van der Waals surface area contributed by atoms with Gasteiger partial charge in [0.2, 0.25) is 5.91 Å². The summed E-state index contributed by atoms with van der Waals surface area (Å²) in [5.74, 6) is -0.0553. The van der Waals surface area contributed by atoms with E-state index in [1.807, 2.05) is 43.3 Å². The molecular formula is C26H24ClF3N2O3. The Morgan fingerprint density at radius 3 is 2.26 bits per heavy atom. The number of fused-ring (bicyclic) bond motifs is 1. The summed E-state index contributed by atoms with van der Waals surface area (Å²) in [5, 5.41) is 0.530. The molecule has 0 radical (unpaired) electrons. The van der Waals surface area contributed by atoms with E-state index >= 15 is 0 Å². The zero-order chi connectivity index (χ0) is 25.3. The first-order valence-electron chi connectivity index (χ1n) is 10.8. The molecule has 4 rings (SSSR count). The van der Waals surface area contributed by atoms with Crippen LogP contribution in [-0.4, -0.2) is 39.9 Å². The Hall–Kier alpha value is -3.39. The molecular weight excluding hydrogens is 481 g/mol. The molecule has 184 valence electrons. The smallest absolute Gasteiger partial charge is 0.422 e. The quantitative estimate of drug-likeness (QED) is 0.411. The third kappa shape index (κ3) is 5.32. The predicted octanol–water partition coefficient (Wildman–Crippen LogP) is 6.03. The minimum Gasteiger partial charge on any atom is -0.493 e. The summed E-state index contributed by atoms with van der Waals surface area (Å²) in [4.78, 5) is 17.0. The normalized spacial score (nSPS) is 15.6. The maximum absolute atomic E-state index is 13.4. The molecule has 0 saturated heterocycles. The first kappa shape index (κ1) is 24.7. The Morgan fingerprint density at radius 2 is 1.69 bits per heavy atom. The molecule has 3 aromatic rings. The lowest BCUT2D eigenvalue weighted by molar-refractivity contribution is -0.153. The number of nitrogens with zero attached hydrogens (tertiary/aromatic N) is 2. The largest absolute Gasteiger partial charge is 0.493 e. The van der Waals surface area contributed by atoms with Crippen LogP contribution in [-0.2, 0) is 11.2 Å². The van der Waals surface area contributed by atoms with Gasteiger partial charge in [-0.1, -0.05) is 23.7 Å². The van der Waals surface area contributed by atoms with Crippen LogP contribution in [0.5, 0.6) is 11.5 Å². The molecule has 35 heavy (non-hydrogen) atoms. The number of carbonyl (C=O) groups is 1. The van der Waals surface area contributed by atoms with Crippen LogP contribution in [0, 0.1) is 0 Å². The lowest BCUT2D eigenvalue weighted by Crippen LogP contribution is -2.41. The Kier molecular flexibility index (Phi) is 6.85. The second kappa shape index (κ2) is 9.70. The molecule has 3 aromatic carbocycles. The van der Waals surface area contributed by atoms with Crippen LogP contribution in [0.1, 0.15) is 22.7 Å². The summed E-state index contributed by atoms with van der Waals surface area (Å²) in [6, 6.07) is 17.1. The van der Waals surface area contributed by atoms with E-state index in [1.165, 1.54) is 13.2 Å². The van der Waals surface area contributed by atoms with Crippen molar-refractivity contribution in [1.29, 1.82) is 0 Å². The predicted molar refractivity (Wildman–Crippen MR) is 130 cm³/mol. The standard InChI is InChI=1S/C26H24ClF3N2O3/c1-31(2)19-8-10-20(11-9-19)32-24(33)13-17-12-22(34-3)23(35-15-26(28,29)30)14-21(17)25(32)16-4-6-18(27)7-5-16/h4-12,14,25H,13,15H2,1-3H3. The highest BCUT2D eigenvalue weighted by atomic mass is 35.5. The fraction of sp³-hybridized carbons (Fsp3) is 0.269. The number of methoxy groups -OCH3 is 1. The van der Waals surface area contributed by atoms with Gasteiger partial charge in [-0.3, -0.25) is 4.79 Å². The van der Waals surface area contributed by atoms with Crippen molar-refractivity contribution in [3.05, 3.63) is 82.4 Å². The molecule has 1 heterocycles. The summed E-state index contributed by atoms with van der Waals surface area (Å²) < 4.78 is 49.0. The first-order chi connectivity index (χ1) is 16.6. The molecule has 0 fully saturated rings. The molecule has 1 aliphatic rings. The van der Waals surface area contributed by atoms with Gasteiger partial charge in [0.15, 0.2) is 18.1 Å². The van der Waals surface area contributed by atoms with Crippen molar-refractivity contribution < 1.29 is 27.4 Å². The third-order valence-corrected chi connectivity index (χ3v) is 6.06. The summed E-state index contributed by atoms with van der Waals surface area (Å²) in [5.41, 5.74) is 3.70. The van der Waals surface area contributed by atoms with Gasteiger partial charge < -0.3 is 19.3 Å². The van der Waals surface area contributed by atoms with Crippen LogP contribution in [0.25, 0.3) is 0 Å². The van der Waals surface area contributed by atoms with E-state index in [0.29, 0.717) is 21.8 Å². The van der Waals surface area contributed by atoms with Crippen LogP contribution in [0.15, 0.2) is 60.7 Å². The molecule has 1 amide bonds. The average Bonchev–Trinajstić information content (AvgIpc) is 2.81. The Bertz CT molecular complexity index is 1210. The minimum absolute atomic E-state index is 0.0419. The van der Waals surface area contributed by atoms with Crippen LogP contribution >= 0.6 is 11.6 Å². The van der Waals surface area contributed by atoms with Gasteiger partial charge >= 0.3 is 6.18 Å². The van der Waals surface area contributed by atoms with Gasteiger partial charge in [-0.15, -0.1) is 0 Å². The molecule has 0 aromatic heterocycles. The maximum atomic E-state index is 13.4. The second-order valence-electron chi connectivity index (χ2n) is 8.41. The van der Waals surface area contributed by atoms with Crippen molar-refractivity contribution in [3.63, 3.8) is 0 Å². The fourth-order valence-electron chi connectivity index (χ4n) is 4.17. The molecule has 5 nitrogen and oxygen atoms in total. The lowest BCUT2D eigenvalue weighted by atomic mass is 9.87. The van der Waals surface area contributed by atoms with Crippen molar-refractivity contribution in [2.24, 2.45) is 0 Å². The van der Waals surface area contributed by atoms with Crippen molar-refractivity contribution >= 4 is 28.9 Å². The van der Waals surface area contributed by atoms with Crippen LogP contribution < -0.4 is 19.3 Å². The monoisotopic (exact) mass is 504 g/mol. The first-order valence-corrected chi connectivity index (χ1v) is 11.2. The summed E-state index contributed by atoms with van der Waals surface area (Å²) >= 11 is 6.10. The molecule has 0 saturated carbocycles. The Labute approximate surface area is 206 Å². The molecule has 1 aliphatic heterocycles. The number of ether oxygens (including phenoxy) is 2. The van der Waals surface area contributed by atoms with Crippen molar-refractivity contribution in [2.75, 3.05) is 37.6 Å². The fourth-order valence-corrected chi connectivity index (χ4v) is 4.29. The van der Waals surface area contributed by atoms with Crippen molar-refractivity contribution in [3.8, 4) is 11.5 Å². The molecule has 0 bridgehead atoms. The van der Waals surface area contributed by atoms with Gasteiger partial charge in [0.1, 0.15) is 0 Å². The van der Waals surface area contributed by atoms with Gasteiger partial charge in [0.25, 0.3) is 0 Å². The zero-order valence-corrected chi connectivity index (χ0v) is 20.2. The van der Waals surface area contributed by atoms with E-state index in [9.17, 15) is 18.0 Å². The number of anilines is 2. The highest BCUT2D eigenvalue weighted by Crippen LogP contribution is 2.44. The number of amides is 1. The number of hydrogen-bond acceptors (Lipinski definition) is 4. The van der Waals surface area contributed by atoms with E-state index in [2.05, 4.69) is 0 Å². The van der Waals surface area contributed by atoms with Crippen LogP contribution in [0.2, 0.25) is 5.02 Å². The SMILES string of the molecule is COc1cc2c(cc1OCC(F)(F)F)C(c1ccc(Cl)cc1)N(c1ccc(N(C)C)cc1)C(=O)C2. The van der Waals surface area contributed by atoms with Gasteiger partial charge in [0, 0.05) is 30.5 Å². The molecule has 1 unspecified atom stereocenters. The zero-order valence-electron chi connectivity index (χ0n) is 19.4. The van der Waals surface area contributed by atoms with Gasteiger partial charge in [-0.25, -0.2) is 0 Å². The maximum Gasteiger partial charge on any atom is 0.422 e. The number of alkyl halides is 3. The molecule has 0 spiro atoms. The molecule has 9 heteroatoms. The third-order valence-electron chi connectivity index (χ3n) is 5.81. The number of carbonyl (C=O) groups excluding carboxylic acids is 1. The highest BCUT2D eigenvalue weighted by molar-refractivity contribution is 6.30. The highest BCUT2D eigenvalue weighted by Gasteiger charge is 2.36.